The van der Waals surface area contributed by atoms with Crippen LogP contribution >= 0.6 is 0 Å². The van der Waals surface area contributed by atoms with Gasteiger partial charge in [0, 0.05) is 0 Å². The molecule has 0 aliphatic heterocycles. The minimum absolute atomic E-state index is 0.0659. The zero-order valence-corrected chi connectivity index (χ0v) is 12.1. The zero-order valence-electron chi connectivity index (χ0n) is 12.1. The summed E-state index contributed by atoms with van der Waals surface area (Å²) in [6, 6.07) is 0. The third kappa shape index (κ3) is 0.498. The molecular formula is C16H17NO4. The van der Waals surface area contributed by atoms with Crippen LogP contribution in [-0.2, 0) is 9.53 Å². The number of amides is 1. The van der Waals surface area contributed by atoms with Crippen molar-refractivity contribution in [3.05, 3.63) is 0 Å². The molecule has 7 saturated carbocycles. The molecule has 0 heterocycles. The second-order valence-corrected chi connectivity index (χ2v) is 9.57. The van der Waals surface area contributed by atoms with E-state index in [-0.39, 0.29) is 17.0 Å². The van der Waals surface area contributed by atoms with Gasteiger partial charge in [0.1, 0.15) is 5.60 Å². The van der Waals surface area contributed by atoms with Crippen LogP contribution in [0, 0.1) is 51.8 Å². The number of aliphatic carboxylic acids is 1. The highest BCUT2D eigenvalue weighted by molar-refractivity contribution is 5.95. The average molecular weight is 287 g/mol. The molecule has 110 valence electrons. The minimum Gasteiger partial charge on any atom is -0.481 e. The van der Waals surface area contributed by atoms with Crippen LogP contribution in [0.2, 0.25) is 0 Å². The van der Waals surface area contributed by atoms with E-state index in [0.717, 1.165) is 0 Å². The van der Waals surface area contributed by atoms with Gasteiger partial charge in [0.05, 0.1) is 11.0 Å². The third-order valence-corrected chi connectivity index (χ3v) is 8.70. The van der Waals surface area contributed by atoms with Crippen LogP contribution < -0.4 is 5.32 Å². The van der Waals surface area contributed by atoms with E-state index < -0.39 is 11.6 Å². The zero-order chi connectivity index (χ0) is 14.5. The van der Waals surface area contributed by atoms with E-state index in [1.165, 1.54) is 0 Å². The van der Waals surface area contributed by atoms with Gasteiger partial charge in [-0.05, 0) is 67.1 Å². The van der Waals surface area contributed by atoms with Gasteiger partial charge < -0.3 is 15.2 Å². The molecule has 6 atom stereocenters. The lowest BCUT2D eigenvalue weighted by molar-refractivity contribution is -0.388. The van der Waals surface area contributed by atoms with Crippen molar-refractivity contribution in [2.75, 3.05) is 0 Å². The molecule has 5 heteroatoms. The molecule has 5 nitrogen and oxygen atoms in total. The molecular weight excluding hydrogens is 270 g/mol. The van der Waals surface area contributed by atoms with E-state index in [4.69, 9.17) is 4.74 Å². The number of nitrogens with one attached hydrogen (secondary N) is 1. The van der Waals surface area contributed by atoms with Crippen LogP contribution in [0.1, 0.15) is 20.8 Å². The van der Waals surface area contributed by atoms with Gasteiger partial charge in [0.25, 0.3) is 0 Å². The monoisotopic (exact) mass is 287 g/mol. The van der Waals surface area contributed by atoms with Gasteiger partial charge >= 0.3 is 12.1 Å². The van der Waals surface area contributed by atoms with Crippen LogP contribution in [0.5, 0.6) is 0 Å². The summed E-state index contributed by atoms with van der Waals surface area (Å²) < 4.78 is 5.43. The summed E-state index contributed by atoms with van der Waals surface area (Å²) in [5.74, 6) is 2.18. The predicted octanol–water partition coefficient (Wildman–Crippen LogP) is 1.09. The van der Waals surface area contributed by atoms with Crippen molar-refractivity contribution in [3.8, 4) is 0 Å². The summed E-state index contributed by atoms with van der Waals surface area (Å²) in [6.45, 7) is 5.62. The van der Waals surface area contributed by atoms with E-state index in [1.807, 2.05) is 20.8 Å². The number of alkyl carbamates (subject to hydrolysis) is 1. The second-order valence-electron chi connectivity index (χ2n) is 9.57. The smallest absolute Gasteiger partial charge is 0.408 e. The van der Waals surface area contributed by atoms with Gasteiger partial charge in [-0.1, -0.05) is 0 Å². The molecule has 0 radical (unpaired) electrons. The summed E-state index contributed by atoms with van der Waals surface area (Å²) in [5, 5.41) is 12.9. The van der Waals surface area contributed by atoms with Crippen molar-refractivity contribution in [3.63, 3.8) is 0 Å². The maximum Gasteiger partial charge on any atom is 0.408 e. The fourth-order valence-electron chi connectivity index (χ4n) is 9.62. The Labute approximate surface area is 121 Å². The molecule has 0 aromatic rings. The standard InChI is InChI=1S/C16H17NO4/c1-12(2,3)21-11(20)17-16-6-4-13(6)8-14(9(13)16)5(7(14)16)15(4,8)10(18)19/h4-9H,1-3H3,(H,17,20)(H,18,19). The first-order chi connectivity index (χ1) is 9.75. The normalized spacial score (nSPS) is 72.9. The molecule has 2 spiro atoms. The molecule has 0 aromatic heterocycles. The van der Waals surface area contributed by atoms with Crippen molar-refractivity contribution < 1.29 is 19.4 Å². The second kappa shape index (κ2) is 1.97. The molecule has 0 aromatic carbocycles. The molecule has 7 fully saturated rings. The number of hydrogen-bond donors (Lipinski definition) is 2. The van der Waals surface area contributed by atoms with Gasteiger partial charge in [-0.15, -0.1) is 0 Å². The van der Waals surface area contributed by atoms with Crippen molar-refractivity contribution >= 4 is 12.1 Å². The number of carboxylic acid groups (broad SMARTS) is 1. The van der Waals surface area contributed by atoms with E-state index in [1.54, 1.807) is 0 Å². The van der Waals surface area contributed by atoms with Crippen LogP contribution in [0.4, 0.5) is 4.79 Å². The molecule has 7 aliphatic carbocycles. The Kier molecular flexibility index (Phi) is 0.981. The largest absolute Gasteiger partial charge is 0.481 e. The van der Waals surface area contributed by atoms with E-state index >= 15 is 0 Å². The van der Waals surface area contributed by atoms with E-state index in [0.29, 0.717) is 46.3 Å². The van der Waals surface area contributed by atoms with Gasteiger partial charge in [-0.3, -0.25) is 4.79 Å². The number of carbonyl (C=O) groups excluding carboxylic acids is 1. The Bertz CT molecular complexity index is 705. The van der Waals surface area contributed by atoms with Gasteiger partial charge in [0.15, 0.2) is 0 Å². The molecule has 2 N–H and O–H groups in total. The quantitative estimate of drug-likeness (QED) is 0.797. The first-order valence-corrected chi connectivity index (χ1v) is 8.00. The number of carboxylic acids is 1. The predicted molar refractivity (Wildman–Crippen MR) is 68.0 cm³/mol. The van der Waals surface area contributed by atoms with Crippen molar-refractivity contribution in [1.82, 2.24) is 5.32 Å². The Morgan fingerprint density at radius 3 is 2.10 bits per heavy atom. The molecule has 7 rings (SSSR count). The maximum absolute atomic E-state index is 12.2. The molecule has 6 unspecified atom stereocenters. The fourth-order valence-corrected chi connectivity index (χ4v) is 9.62. The van der Waals surface area contributed by atoms with Crippen molar-refractivity contribution in [2.24, 2.45) is 51.8 Å². The third-order valence-electron chi connectivity index (χ3n) is 8.70. The van der Waals surface area contributed by atoms with Crippen LogP contribution in [0.15, 0.2) is 0 Å². The summed E-state index contributed by atoms with van der Waals surface area (Å²) in [4.78, 5) is 24.0. The number of rotatable bonds is 2. The summed E-state index contributed by atoms with van der Waals surface area (Å²) in [7, 11) is 0. The molecule has 1 amide bonds. The lowest BCUT2D eigenvalue weighted by Gasteiger charge is -2.85. The van der Waals surface area contributed by atoms with E-state index in [2.05, 4.69) is 5.32 Å². The Morgan fingerprint density at radius 1 is 1.05 bits per heavy atom. The van der Waals surface area contributed by atoms with Crippen molar-refractivity contribution in [1.29, 1.82) is 0 Å². The molecule has 21 heavy (non-hydrogen) atoms. The highest BCUT2D eigenvalue weighted by Gasteiger charge is 3.31. The summed E-state index contributed by atoms with van der Waals surface area (Å²) in [6.07, 6.45) is -0.311. The van der Waals surface area contributed by atoms with Crippen LogP contribution in [0.3, 0.4) is 0 Å². The first-order valence-electron chi connectivity index (χ1n) is 8.00. The number of ether oxygens (including phenoxy) is 1. The van der Waals surface area contributed by atoms with E-state index in [9.17, 15) is 14.7 Å². The highest BCUT2D eigenvalue weighted by Crippen LogP contribution is 3.28. The fraction of sp³-hybridized carbons (Fsp3) is 0.875. The van der Waals surface area contributed by atoms with Crippen LogP contribution in [0.25, 0.3) is 0 Å². The van der Waals surface area contributed by atoms with Gasteiger partial charge in [0.2, 0.25) is 0 Å². The molecule has 0 saturated heterocycles. The highest BCUT2D eigenvalue weighted by atomic mass is 16.6. The van der Waals surface area contributed by atoms with Gasteiger partial charge in [-0.25, -0.2) is 4.79 Å². The van der Waals surface area contributed by atoms with Crippen LogP contribution in [-0.4, -0.2) is 28.3 Å². The Morgan fingerprint density at radius 2 is 1.62 bits per heavy atom. The first kappa shape index (κ1) is 10.5. The Hall–Kier alpha value is -1.26. The summed E-state index contributed by atoms with van der Waals surface area (Å²) in [5.41, 5.74) is -0.190. The number of carbonyl (C=O) groups is 2. The maximum atomic E-state index is 12.2. The Balaban J connectivity index is 1.25. The lowest BCUT2D eigenvalue weighted by Crippen LogP contribution is -2.91. The number of fused-ring (bicyclic) bond motifs is 6. The minimum atomic E-state index is -0.551. The summed E-state index contributed by atoms with van der Waals surface area (Å²) >= 11 is 0. The lowest BCUT2D eigenvalue weighted by atomic mass is 9.17. The molecule has 0 bridgehead atoms. The topological polar surface area (TPSA) is 75.6 Å². The van der Waals surface area contributed by atoms with Crippen molar-refractivity contribution in [2.45, 2.75) is 31.9 Å². The average Bonchev–Trinajstić information content (AvgIpc) is 3.11. The SMILES string of the molecule is CC(C)(C)OC(=O)NC12C3C4C5(C(=O)O)C6C1C61C2C34C51. The number of hydrogen-bond acceptors (Lipinski definition) is 3. The molecule has 7 aliphatic rings. The van der Waals surface area contributed by atoms with Gasteiger partial charge in [-0.2, -0.15) is 0 Å².